The smallest absolute Gasteiger partial charge is 0.274 e. The van der Waals surface area contributed by atoms with Crippen molar-refractivity contribution < 1.29 is 17.9 Å². The van der Waals surface area contributed by atoms with Crippen molar-refractivity contribution in [3.8, 4) is 0 Å². The van der Waals surface area contributed by atoms with Crippen LogP contribution in [0.4, 0.5) is 5.95 Å². The van der Waals surface area contributed by atoms with Crippen molar-refractivity contribution in [1.29, 1.82) is 0 Å². The average Bonchev–Trinajstić information content (AvgIpc) is 3.38. The number of sulfonamides is 1. The maximum absolute atomic E-state index is 13.1. The number of hydrogen-bond acceptors (Lipinski definition) is 5. The largest absolute Gasteiger partial charge is 0.382 e. The summed E-state index contributed by atoms with van der Waals surface area (Å²) >= 11 is 0. The van der Waals surface area contributed by atoms with Crippen LogP contribution in [0.15, 0.2) is 41.4 Å². The molecule has 1 aliphatic heterocycles. The Bertz CT molecular complexity index is 1220. The van der Waals surface area contributed by atoms with Gasteiger partial charge < -0.3 is 13.9 Å². The summed E-state index contributed by atoms with van der Waals surface area (Å²) in [5.74, 6) is 0.0262. The van der Waals surface area contributed by atoms with Gasteiger partial charge in [-0.05, 0) is 44.4 Å². The first-order valence-corrected chi connectivity index (χ1v) is 12.9. The number of carbonyl (C=O) groups excluding carboxylic acids is 1. The second-order valence-corrected chi connectivity index (χ2v) is 10.2. The minimum Gasteiger partial charge on any atom is -0.382 e. The number of rotatable bonds is 9. The zero-order chi connectivity index (χ0) is 23.4. The lowest BCUT2D eigenvalue weighted by molar-refractivity contribution is 0.101. The van der Waals surface area contributed by atoms with Crippen LogP contribution in [0.25, 0.3) is 11.0 Å². The lowest BCUT2D eigenvalue weighted by Gasteiger charge is -2.25. The molecule has 1 aromatic carbocycles. The zero-order valence-electron chi connectivity index (χ0n) is 19.2. The third-order valence-corrected chi connectivity index (χ3v) is 7.78. The fraction of sp³-hybridized carbons (Fsp3) is 0.478. The van der Waals surface area contributed by atoms with Crippen LogP contribution in [-0.4, -0.2) is 59.1 Å². The van der Waals surface area contributed by atoms with Crippen molar-refractivity contribution in [2.24, 2.45) is 7.05 Å². The molecule has 1 amide bonds. The summed E-state index contributed by atoms with van der Waals surface area (Å²) in [7, 11) is -1.94. The van der Waals surface area contributed by atoms with Gasteiger partial charge in [-0.15, -0.1) is 0 Å². The first-order valence-electron chi connectivity index (χ1n) is 11.4. The highest BCUT2D eigenvalue weighted by Crippen LogP contribution is 2.24. The molecule has 178 valence electrons. The van der Waals surface area contributed by atoms with Crippen LogP contribution in [0.5, 0.6) is 0 Å². The van der Waals surface area contributed by atoms with Gasteiger partial charge >= 0.3 is 0 Å². The number of anilines is 1. The Morgan fingerprint density at radius 1 is 1.18 bits per heavy atom. The van der Waals surface area contributed by atoms with E-state index in [2.05, 4.69) is 10.3 Å². The van der Waals surface area contributed by atoms with Gasteiger partial charge in [0.25, 0.3) is 5.91 Å². The van der Waals surface area contributed by atoms with Gasteiger partial charge in [0.15, 0.2) is 0 Å². The molecular formula is C23H31N5O4S. The number of benzene rings is 1. The molecule has 33 heavy (non-hydrogen) atoms. The number of piperidine rings is 1. The number of nitrogens with one attached hydrogen (secondary N) is 1. The van der Waals surface area contributed by atoms with Crippen molar-refractivity contribution in [3.63, 3.8) is 0 Å². The van der Waals surface area contributed by atoms with Crippen molar-refractivity contribution in [3.05, 3.63) is 42.2 Å². The van der Waals surface area contributed by atoms with Crippen LogP contribution >= 0.6 is 0 Å². The molecule has 0 aliphatic carbocycles. The van der Waals surface area contributed by atoms with Crippen LogP contribution in [0, 0.1) is 0 Å². The number of hydrogen-bond donors (Lipinski definition) is 1. The van der Waals surface area contributed by atoms with Gasteiger partial charge in [-0.25, -0.2) is 13.4 Å². The first-order chi connectivity index (χ1) is 15.9. The molecule has 2 aromatic heterocycles. The third kappa shape index (κ3) is 4.97. The average molecular weight is 474 g/mol. The maximum atomic E-state index is 13.1. The number of para-hydroxylation sites is 2. The summed E-state index contributed by atoms with van der Waals surface area (Å²) in [6.07, 6.45) is 5.04. The molecule has 1 fully saturated rings. The van der Waals surface area contributed by atoms with E-state index < -0.39 is 15.9 Å². The number of ether oxygens (including phenoxy) is 1. The number of imidazole rings is 1. The highest BCUT2D eigenvalue weighted by Gasteiger charge is 2.28. The van der Waals surface area contributed by atoms with E-state index in [0.717, 1.165) is 36.7 Å². The Balaban J connectivity index is 1.57. The number of nitrogens with zero attached hydrogens (tertiary/aromatic N) is 4. The number of aromatic nitrogens is 3. The van der Waals surface area contributed by atoms with Gasteiger partial charge in [-0.1, -0.05) is 18.6 Å². The molecule has 1 aliphatic rings. The Hall–Kier alpha value is -2.69. The summed E-state index contributed by atoms with van der Waals surface area (Å²) in [5.41, 5.74) is 1.97. The Kier molecular flexibility index (Phi) is 7.16. The van der Waals surface area contributed by atoms with E-state index in [9.17, 15) is 13.2 Å². The van der Waals surface area contributed by atoms with Gasteiger partial charge in [0.1, 0.15) is 10.6 Å². The van der Waals surface area contributed by atoms with Crippen molar-refractivity contribution in [2.75, 3.05) is 31.6 Å². The number of fused-ring (bicyclic) bond motifs is 1. The van der Waals surface area contributed by atoms with E-state index in [1.165, 1.54) is 16.6 Å². The molecule has 4 rings (SSSR count). The van der Waals surface area contributed by atoms with Gasteiger partial charge in [0.05, 0.1) is 11.0 Å². The molecule has 0 radical (unpaired) electrons. The third-order valence-electron chi connectivity index (χ3n) is 5.92. The fourth-order valence-electron chi connectivity index (χ4n) is 4.19. The number of amides is 1. The molecule has 9 nitrogen and oxygen atoms in total. The summed E-state index contributed by atoms with van der Waals surface area (Å²) < 4.78 is 36.5. The van der Waals surface area contributed by atoms with E-state index >= 15 is 0 Å². The lowest BCUT2D eigenvalue weighted by Crippen LogP contribution is -2.35. The summed E-state index contributed by atoms with van der Waals surface area (Å²) in [6.45, 7) is 4.90. The van der Waals surface area contributed by atoms with Crippen LogP contribution in [0.2, 0.25) is 0 Å². The number of aryl methyl sites for hydroxylation is 2. The molecule has 3 heterocycles. The van der Waals surface area contributed by atoms with E-state index in [-0.39, 0.29) is 10.6 Å². The first kappa shape index (κ1) is 23.5. The SMILES string of the molecule is CCOCCCn1c(NC(=O)c2cc(S(=O)(=O)N3CCCCC3)cn2C)nc2ccccc21. The molecular weight excluding hydrogens is 442 g/mol. The van der Waals surface area contributed by atoms with Gasteiger partial charge in [-0.3, -0.25) is 10.1 Å². The summed E-state index contributed by atoms with van der Waals surface area (Å²) in [6, 6.07) is 9.14. The second-order valence-electron chi connectivity index (χ2n) is 8.22. The zero-order valence-corrected chi connectivity index (χ0v) is 20.0. The summed E-state index contributed by atoms with van der Waals surface area (Å²) in [5, 5.41) is 2.89. The topological polar surface area (TPSA) is 98.5 Å². The molecule has 0 spiro atoms. The number of carbonyl (C=O) groups is 1. The molecule has 1 saturated heterocycles. The monoisotopic (exact) mass is 473 g/mol. The quantitative estimate of drug-likeness (QED) is 0.481. The molecule has 3 aromatic rings. The van der Waals surface area contributed by atoms with Gasteiger partial charge in [0, 0.05) is 46.1 Å². The minimum atomic E-state index is -3.62. The van der Waals surface area contributed by atoms with Crippen molar-refractivity contribution in [2.45, 2.75) is 44.0 Å². The second kappa shape index (κ2) is 10.1. The van der Waals surface area contributed by atoms with Crippen LogP contribution in [-0.2, 0) is 28.4 Å². The van der Waals surface area contributed by atoms with Crippen molar-refractivity contribution >= 4 is 32.9 Å². The van der Waals surface area contributed by atoms with E-state index in [1.807, 2.05) is 35.8 Å². The molecule has 0 atom stereocenters. The van der Waals surface area contributed by atoms with Crippen molar-refractivity contribution in [1.82, 2.24) is 18.4 Å². The van der Waals surface area contributed by atoms with Gasteiger partial charge in [-0.2, -0.15) is 4.31 Å². The van der Waals surface area contributed by atoms with E-state index in [0.29, 0.717) is 38.8 Å². The predicted octanol–water partition coefficient (Wildman–Crippen LogP) is 3.23. The highest BCUT2D eigenvalue weighted by atomic mass is 32.2. The molecule has 10 heteroatoms. The van der Waals surface area contributed by atoms with Gasteiger partial charge in [0.2, 0.25) is 16.0 Å². The normalized spacial score (nSPS) is 15.2. The molecule has 0 unspecified atom stereocenters. The standard InChI is InChI=1S/C23H31N5O4S/c1-3-32-15-9-14-28-20-11-6-5-10-19(20)24-23(28)25-22(29)21-16-18(17-26(21)2)33(30,31)27-12-7-4-8-13-27/h5-6,10-11,16-17H,3-4,7-9,12-15H2,1-2H3,(H,24,25,29). The molecule has 1 N–H and O–H groups in total. The maximum Gasteiger partial charge on any atom is 0.274 e. The fourth-order valence-corrected chi connectivity index (χ4v) is 5.78. The Morgan fingerprint density at radius 2 is 1.94 bits per heavy atom. The summed E-state index contributed by atoms with van der Waals surface area (Å²) in [4.78, 5) is 17.9. The Morgan fingerprint density at radius 3 is 2.70 bits per heavy atom. The lowest BCUT2D eigenvalue weighted by atomic mass is 10.2. The van der Waals surface area contributed by atoms with E-state index in [4.69, 9.17) is 4.74 Å². The van der Waals surface area contributed by atoms with Crippen LogP contribution < -0.4 is 5.32 Å². The highest BCUT2D eigenvalue weighted by molar-refractivity contribution is 7.89. The predicted molar refractivity (Wildman–Crippen MR) is 127 cm³/mol. The van der Waals surface area contributed by atoms with Crippen LogP contribution in [0.1, 0.15) is 43.1 Å². The molecule has 0 bridgehead atoms. The Labute approximate surface area is 194 Å². The minimum absolute atomic E-state index is 0.141. The molecule has 0 saturated carbocycles. The van der Waals surface area contributed by atoms with Crippen LogP contribution in [0.3, 0.4) is 0 Å². The van der Waals surface area contributed by atoms with E-state index in [1.54, 1.807) is 11.6 Å².